The minimum Gasteiger partial charge on any atom is -0.381 e. The Labute approximate surface area is 302 Å². The summed E-state index contributed by atoms with van der Waals surface area (Å²) in [6.45, 7) is 0. The molecule has 1 N–H and O–H groups in total. The Hall–Kier alpha value is -6.98. The van der Waals surface area contributed by atoms with Crippen LogP contribution in [0.15, 0.2) is 188 Å². The molecule has 1 unspecified atom stereocenters. The van der Waals surface area contributed by atoms with Crippen molar-refractivity contribution in [1.29, 1.82) is 0 Å². The predicted molar refractivity (Wildman–Crippen MR) is 212 cm³/mol. The van der Waals surface area contributed by atoms with Crippen molar-refractivity contribution in [3.63, 3.8) is 0 Å². The first-order valence-electron chi connectivity index (χ1n) is 17.4. The molecular formula is C47H33N5. The molecule has 5 heteroatoms. The third-order valence-electron chi connectivity index (χ3n) is 9.48. The molecule has 0 amide bonds. The lowest BCUT2D eigenvalue weighted by Gasteiger charge is -2.17. The van der Waals surface area contributed by atoms with Crippen LogP contribution in [0.25, 0.3) is 78.3 Å². The van der Waals surface area contributed by atoms with Gasteiger partial charge < -0.3 is 5.32 Å². The Bertz CT molecular complexity index is 2460. The van der Waals surface area contributed by atoms with Crippen LogP contribution in [-0.4, -0.2) is 19.9 Å². The fourth-order valence-electron chi connectivity index (χ4n) is 6.75. The van der Waals surface area contributed by atoms with Gasteiger partial charge in [0.25, 0.3) is 0 Å². The summed E-state index contributed by atoms with van der Waals surface area (Å²) in [7, 11) is 0. The lowest BCUT2D eigenvalue weighted by Crippen LogP contribution is -2.14. The molecule has 246 valence electrons. The first-order valence-corrected chi connectivity index (χ1v) is 17.4. The molecule has 3 aromatic heterocycles. The van der Waals surface area contributed by atoms with Crippen molar-refractivity contribution >= 4 is 10.9 Å². The number of pyridine rings is 2. The normalized spacial score (nSPS) is 13.6. The molecule has 5 nitrogen and oxygen atoms in total. The van der Waals surface area contributed by atoms with E-state index in [4.69, 9.17) is 9.97 Å². The minimum atomic E-state index is 0.147. The second-order valence-electron chi connectivity index (χ2n) is 12.8. The standard InChI is InChI=1S/C47H33N5/c1-2-13-45-41(9-1)46(37-24-22-36(23-25-37)44-12-5-8-28-50-44)52-47(51-45)40-30-38(32-14-18-34(19-15-32)42-10-3-6-26-48-42)29-39(31-40)33-16-20-35(21-17-33)43-11-4-7-27-49-43/h1-31,44,50H. The van der Waals surface area contributed by atoms with Crippen LogP contribution in [0.5, 0.6) is 0 Å². The number of para-hydroxylation sites is 1. The van der Waals surface area contributed by atoms with Gasteiger partial charge in [-0.3, -0.25) is 9.97 Å². The van der Waals surface area contributed by atoms with Crippen molar-refractivity contribution < 1.29 is 0 Å². The molecule has 4 heterocycles. The van der Waals surface area contributed by atoms with Crippen molar-refractivity contribution in [2.24, 2.45) is 0 Å². The SMILES string of the molecule is C1=CNC(c2ccc(-c3nc(-c4cc(-c5ccc(-c6ccccn6)cc5)cc(-c5ccc(-c6ccccn6)cc5)c4)nc4ccccc34)cc2)C=C1. The smallest absolute Gasteiger partial charge is 0.160 e. The molecule has 1 aliphatic rings. The fourth-order valence-corrected chi connectivity index (χ4v) is 6.75. The molecule has 5 aromatic carbocycles. The van der Waals surface area contributed by atoms with Crippen molar-refractivity contribution in [1.82, 2.24) is 25.3 Å². The first kappa shape index (κ1) is 31.0. The Morgan fingerprint density at radius 2 is 1.00 bits per heavy atom. The maximum Gasteiger partial charge on any atom is 0.160 e. The second-order valence-corrected chi connectivity index (χ2v) is 12.8. The zero-order chi connectivity index (χ0) is 34.7. The number of rotatable bonds is 7. The molecule has 1 aliphatic heterocycles. The van der Waals surface area contributed by atoms with E-state index in [9.17, 15) is 0 Å². The van der Waals surface area contributed by atoms with Gasteiger partial charge in [-0.15, -0.1) is 0 Å². The Balaban J connectivity index is 1.16. The molecule has 0 fully saturated rings. The molecule has 0 saturated heterocycles. The number of benzene rings is 5. The third-order valence-corrected chi connectivity index (χ3v) is 9.48. The summed E-state index contributed by atoms with van der Waals surface area (Å²) in [6, 6.07) is 52.9. The van der Waals surface area contributed by atoms with E-state index >= 15 is 0 Å². The van der Waals surface area contributed by atoms with Crippen LogP contribution in [0.2, 0.25) is 0 Å². The van der Waals surface area contributed by atoms with Crippen molar-refractivity contribution in [2.45, 2.75) is 6.04 Å². The summed E-state index contributed by atoms with van der Waals surface area (Å²) < 4.78 is 0. The highest BCUT2D eigenvalue weighted by atomic mass is 14.9. The van der Waals surface area contributed by atoms with Gasteiger partial charge in [-0.1, -0.05) is 115 Å². The van der Waals surface area contributed by atoms with Crippen LogP contribution >= 0.6 is 0 Å². The van der Waals surface area contributed by atoms with Crippen molar-refractivity contribution in [2.75, 3.05) is 0 Å². The number of dihydropyridines is 1. The van der Waals surface area contributed by atoms with E-state index in [2.05, 4.69) is 131 Å². The number of nitrogens with zero attached hydrogens (tertiary/aromatic N) is 4. The zero-order valence-electron chi connectivity index (χ0n) is 28.3. The van der Waals surface area contributed by atoms with Crippen LogP contribution in [0.3, 0.4) is 0 Å². The van der Waals surface area contributed by atoms with Crippen LogP contribution in [0.1, 0.15) is 11.6 Å². The molecule has 0 radical (unpaired) electrons. The van der Waals surface area contributed by atoms with Crippen LogP contribution < -0.4 is 5.32 Å². The van der Waals surface area contributed by atoms with E-state index in [-0.39, 0.29) is 6.04 Å². The summed E-state index contributed by atoms with van der Waals surface area (Å²) >= 11 is 0. The van der Waals surface area contributed by atoms with Gasteiger partial charge in [-0.05, 0) is 88.6 Å². The fraction of sp³-hybridized carbons (Fsp3) is 0.0213. The molecule has 0 aliphatic carbocycles. The molecule has 0 spiro atoms. The van der Waals surface area contributed by atoms with Crippen molar-refractivity contribution in [3.05, 3.63) is 194 Å². The van der Waals surface area contributed by atoms with Gasteiger partial charge >= 0.3 is 0 Å². The molecule has 0 bridgehead atoms. The van der Waals surface area contributed by atoms with Crippen molar-refractivity contribution in [3.8, 4) is 67.4 Å². The van der Waals surface area contributed by atoms with Gasteiger partial charge in [-0.2, -0.15) is 0 Å². The number of hydrogen-bond acceptors (Lipinski definition) is 5. The quantitative estimate of drug-likeness (QED) is 0.183. The molecule has 52 heavy (non-hydrogen) atoms. The van der Waals surface area contributed by atoms with E-state index < -0.39 is 0 Å². The van der Waals surface area contributed by atoms with Crippen LogP contribution in [0, 0.1) is 0 Å². The molecule has 9 rings (SSSR count). The summed E-state index contributed by atoms with van der Waals surface area (Å²) in [5.41, 5.74) is 13.4. The van der Waals surface area contributed by atoms with E-state index in [1.165, 1.54) is 5.56 Å². The van der Waals surface area contributed by atoms with Gasteiger partial charge in [0.15, 0.2) is 5.82 Å². The maximum atomic E-state index is 5.29. The monoisotopic (exact) mass is 667 g/mol. The van der Waals surface area contributed by atoms with E-state index in [0.717, 1.165) is 72.5 Å². The van der Waals surface area contributed by atoms with Crippen LogP contribution in [0.4, 0.5) is 0 Å². The third kappa shape index (κ3) is 6.28. The van der Waals surface area contributed by atoms with E-state index in [1.807, 2.05) is 73.2 Å². The lowest BCUT2D eigenvalue weighted by atomic mass is 9.94. The van der Waals surface area contributed by atoms with E-state index in [0.29, 0.717) is 5.82 Å². The number of nitrogens with one attached hydrogen (secondary N) is 1. The summed E-state index contributed by atoms with van der Waals surface area (Å²) in [6.07, 6.45) is 11.9. The van der Waals surface area contributed by atoms with Gasteiger partial charge in [0.1, 0.15) is 0 Å². The summed E-state index contributed by atoms with van der Waals surface area (Å²) in [5, 5.41) is 4.43. The number of aromatic nitrogens is 4. The predicted octanol–water partition coefficient (Wildman–Crippen LogP) is 11.1. The zero-order valence-corrected chi connectivity index (χ0v) is 28.3. The highest BCUT2D eigenvalue weighted by Gasteiger charge is 2.16. The summed E-state index contributed by atoms with van der Waals surface area (Å²) in [5.74, 6) is 0.679. The van der Waals surface area contributed by atoms with Gasteiger partial charge in [0.05, 0.1) is 28.6 Å². The average molecular weight is 668 g/mol. The second kappa shape index (κ2) is 13.7. The Kier molecular flexibility index (Phi) is 8.20. The topological polar surface area (TPSA) is 63.6 Å². The number of fused-ring (bicyclic) bond motifs is 1. The molecule has 8 aromatic rings. The summed E-state index contributed by atoms with van der Waals surface area (Å²) in [4.78, 5) is 19.5. The highest BCUT2D eigenvalue weighted by Crippen LogP contribution is 2.36. The number of allylic oxidation sites excluding steroid dienone is 2. The number of hydrogen-bond donors (Lipinski definition) is 1. The highest BCUT2D eigenvalue weighted by molar-refractivity contribution is 5.94. The lowest BCUT2D eigenvalue weighted by molar-refractivity contribution is 0.746. The van der Waals surface area contributed by atoms with E-state index in [1.54, 1.807) is 0 Å². The Morgan fingerprint density at radius 1 is 0.442 bits per heavy atom. The largest absolute Gasteiger partial charge is 0.381 e. The molecular weight excluding hydrogens is 635 g/mol. The van der Waals surface area contributed by atoms with Crippen LogP contribution in [-0.2, 0) is 0 Å². The Morgan fingerprint density at radius 3 is 1.58 bits per heavy atom. The first-order chi connectivity index (χ1) is 25.7. The maximum absolute atomic E-state index is 5.29. The minimum absolute atomic E-state index is 0.147. The van der Waals surface area contributed by atoms with Gasteiger partial charge in [0, 0.05) is 40.0 Å². The average Bonchev–Trinajstić information content (AvgIpc) is 3.24. The molecule has 0 saturated carbocycles. The molecule has 1 atom stereocenters. The van der Waals surface area contributed by atoms with Gasteiger partial charge in [-0.25, -0.2) is 9.97 Å². The van der Waals surface area contributed by atoms with Gasteiger partial charge in [0.2, 0.25) is 0 Å².